The minimum absolute atomic E-state index is 0.244. The molecule has 24 heavy (non-hydrogen) atoms. The molecule has 128 valence electrons. The summed E-state index contributed by atoms with van der Waals surface area (Å²) < 4.78 is 27.5. The monoisotopic (exact) mass is 333 g/mol. The van der Waals surface area contributed by atoms with Crippen LogP contribution in [0.1, 0.15) is 38.7 Å². The summed E-state index contributed by atoms with van der Waals surface area (Å²) in [6, 6.07) is 5.38. The van der Waals surface area contributed by atoms with Crippen molar-refractivity contribution in [3.63, 3.8) is 0 Å². The zero-order valence-electron chi connectivity index (χ0n) is 13.9. The number of carbonyl (C=O) groups is 2. The van der Waals surface area contributed by atoms with E-state index < -0.39 is 11.9 Å². The number of aldehydes is 1. The van der Waals surface area contributed by atoms with Gasteiger partial charge in [-0.3, -0.25) is 4.79 Å². The maximum absolute atomic E-state index is 14.5. The third kappa shape index (κ3) is 3.78. The van der Waals surface area contributed by atoms with Crippen LogP contribution in [0.3, 0.4) is 0 Å². The zero-order valence-corrected chi connectivity index (χ0v) is 13.9. The number of carbonyl (C=O) groups excluding carboxylic acids is 2. The molecule has 0 spiro atoms. The van der Waals surface area contributed by atoms with E-state index in [4.69, 9.17) is 0 Å². The average Bonchev–Trinajstić information content (AvgIpc) is 2.79. The maximum Gasteiger partial charge on any atom is 0.250 e. The summed E-state index contributed by atoms with van der Waals surface area (Å²) in [4.78, 5) is 24.9. The molecule has 1 heterocycles. The van der Waals surface area contributed by atoms with Crippen LogP contribution in [0.15, 0.2) is 47.3 Å². The van der Waals surface area contributed by atoms with Crippen LogP contribution in [0.4, 0.5) is 8.78 Å². The first kappa shape index (κ1) is 18.0. The standard InChI is InChI=1S/C19H21F2NO2/c1-3-5-16(21)18-13(2)19(24)22(17(18)6-4-11-23)12-14-7-9-15(20)10-8-14/h5,7-11,17H,3-4,6,12H2,1-2H3/b16-5+. The van der Waals surface area contributed by atoms with Crippen LogP contribution in [-0.4, -0.2) is 23.1 Å². The van der Waals surface area contributed by atoms with Gasteiger partial charge in [-0.25, -0.2) is 8.78 Å². The first-order chi connectivity index (χ1) is 11.5. The minimum Gasteiger partial charge on any atom is -0.327 e. The topological polar surface area (TPSA) is 37.4 Å². The fourth-order valence-electron chi connectivity index (χ4n) is 3.00. The Morgan fingerprint density at radius 2 is 1.96 bits per heavy atom. The Morgan fingerprint density at radius 1 is 1.29 bits per heavy atom. The van der Waals surface area contributed by atoms with Gasteiger partial charge in [-0.1, -0.05) is 19.1 Å². The Balaban J connectivity index is 2.32. The van der Waals surface area contributed by atoms with Crippen molar-refractivity contribution in [2.75, 3.05) is 0 Å². The van der Waals surface area contributed by atoms with E-state index in [2.05, 4.69) is 0 Å². The molecule has 1 amide bonds. The SMILES string of the molecule is CC/C=C(/F)C1=C(C)C(=O)N(Cc2ccc(F)cc2)C1CCC=O. The van der Waals surface area contributed by atoms with E-state index in [1.54, 1.807) is 24.0 Å². The number of nitrogens with zero attached hydrogens (tertiary/aromatic N) is 1. The maximum atomic E-state index is 14.5. The lowest BCUT2D eigenvalue weighted by Gasteiger charge is -2.26. The molecule has 2 rings (SSSR count). The predicted molar refractivity (Wildman–Crippen MR) is 88.2 cm³/mol. The van der Waals surface area contributed by atoms with E-state index in [-0.39, 0.29) is 24.7 Å². The van der Waals surface area contributed by atoms with Crippen molar-refractivity contribution in [3.8, 4) is 0 Å². The van der Waals surface area contributed by atoms with E-state index in [0.717, 1.165) is 11.8 Å². The van der Waals surface area contributed by atoms with Crippen molar-refractivity contribution in [1.29, 1.82) is 0 Å². The molecule has 1 aromatic rings. The summed E-state index contributed by atoms with van der Waals surface area (Å²) in [5.74, 6) is -0.998. The van der Waals surface area contributed by atoms with Crippen LogP contribution in [0.25, 0.3) is 0 Å². The van der Waals surface area contributed by atoms with Gasteiger partial charge >= 0.3 is 0 Å². The summed E-state index contributed by atoms with van der Waals surface area (Å²) in [5, 5.41) is 0. The second kappa shape index (κ2) is 7.99. The third-order valence-electron chi connectivity index (χ3n) is 4.16. The lowest BCUT2D eigenvalue weighted by atomic mass is 9.99. The molecule has 0 aliphatic carbocycles. The van der Waals surface area contributed by atoms with Crippen LogP contribution in [-0.2, 0) is 16.1 Å². The van der Waals surface area contributed by atoms with Crippen molar-refractivity contribution in [2.24, 2.45) is 0 Å². The molecule has 1 aliphatic heterocycles. The van der Waals surface area contributed by atoms with Crippen LogP contribution in [0.5, 0.6) is 0 Å². The number of allylic oxidation sites excluding steroid dienone is 1. The van der Waals surface area contributed by atoms with Gasteiger partial charge in [0, 0.05) is 24.1 Å². The molecule has 0 N–H and O–H groups in total. The molecular formula is C19H21F2NO2. The summed E-state index contributed by atoms with van der Waals surface area (Å²) in [7, 11) is 0. The van der Waals surface area contributed by atoms with Crippen molar-refractivity contribution in [2.45, 2.75) is 45.7 Å². The second-order valence-electron chi connectivity index (χ2n) is 5.82. The number of amides is 1. The molecule has 3 nitrogen and oxygen atoms in total. The molecule has 0 fully saturated rings. The van der Waals surface area contributed by atoms with Crippen LogP contribution in [0.2, 0.25) is 0 Å². The largest absolute Gasteiger partial charge is 0.327 e. The van der Waals surface area contributed by atoms with Gasteiger partial charge in [0.15, 0.2) is 0 Å². The van der Waals surface area contributed by atoms with E-state index >= 15 is 0 Å². The highest BCUT2D eigenvalue weighted by Gasteiger charge is 2.38. The summed E-state index contributed by atoms with van der Waals surface area (Å²) in [6.07, 6.45) is 3.35. The van der Waals surface area contributed by atoms with Crippen LogP contribution >= 0.6 is 0 Å². The molecule has 1 aliphatic rings. The highest BCUT2D eigenvalue weighted by Crippen LogP contribution is 2.35. The Bertz CT molecular complexity index is 677. The van der Waals surface area contributed by atoms with E-state index in [9.17, 15) is 18.4 Å². The van der Waals surface area contributed by atoms with Crippen LogP contribution in [0, 0.1) is 5.82 Å². The average molecular weight is 333 g/mol. The number of hydrogen-bond acceptors (Lipinski definition) is 2. The minimum atomic E-state index is -0.476. The number of rotatable bonds is 7. The predicted octanol–water partition coefficient (Wildman–Crippen LogP) is 4.10. The highest BCUT2D eigenvalue weighted by molar-refractivity contribution is 5.98. The Kier molecular flexibility index (Phi) is 6.01. The smallest absolute Gasteiger partial charge is 0.250 e. The summed E-state index contributed by atoms with van der Waals surface area (Å²) in [6.45, 7) is 3.69. The van der Waals surface area contributed by atoms with Gasteiger partial charge in [-0.2, -0.15) is 0 Å². The molecule has 0 saturated heterocycles. The molecule has 0 bridgehead atoms. The Morgan fingerprint density at radius 3 is 2.54 bits per heavy atom. The second-order valence-corrected chi connectivity index (χ2v) is 5.82. The van der Waals surface area contributed by atoms with Crippen molar-refractivity contribution < 1.29 is 18.4 Å². The van der Waals surface area contributed by atoms with Gasteiger partial charge in [0.05, 0.1) is 6.04 Å². The van der Waals surface area contributed by atoms with Crippen molar-refractivity contribution in [3.05, 3.63) is 58.7 Å². The highest BCUT2D eigenvalue weighted by atomic mass is 19.1. The summed E-state index contributed by atoms with van der Waals surface area (Å²) >= 11 is 0. The number of halogens is 2. The molecular weight excluding hydrogens is 312 g/mol. The lowest BCUT2D eigenvalue weighted by Crippen LogP contribution is -2.35. The van der Waals surface area contributed by atoms with Gasteiger partial charge in [-0.15, -0.1) is 0 Å². The first-order valence-corrected chi connectivity index (χ1v) is 8.05. The van der Waals surface area contributed by atoms with Gasteiger partial charge in [0.1, 0.15) is 17.9 Å². The van der Waals surface area contributed by atoms with Gasteiger partial charge in [0.25, 0.3) is 5.91 Å². The van der Waals surface area contributed by atoms with Gasteiger partial charge in [0.2, 0.25) is 0 Å². The third-order valence-corrected chi connectivity index (χ3v) is 4.16. The molecule has 0 radical (unpaired) electrons. The van der Waals surface area contributed by atoms with E-state index in [1.165, 1.54) is 18.2 Å². The first-order valence-electron chi connectivity index (χ1n) is 8.05. The molecule has 0 aromatic heterocycles. The molecule has 1 unspecified atom stereocenters. The van der Waals surface area contributed by atoms with Crippen molar-refractivity contribution in [1.82, 2.24) is 4.90 Å². The Labute approximate surface area is 140 Å². The molecule has 5 heteroatoms. The van der Waals surface area contributed by atoms with Gasteiger partial charge in [-0.05, 0) is 43.5 Å². The molecule has 1 atom stereocenters. The molecule has 1 aromatic carbocycles. The number of hydrogen-bond donors (Lipinski definition) is 0. The zero-order chi connectivity index (χ0) is 17.7. The summed E-state index contributed by atoms with van der Waals surface area (Å²) in [5.41, 5.74) is 1.50. The van der Waals surface area contributed by atoms with Gasteiger partial charge < -0.3 is 9.69 Å². The lowest BCUT2D eigenvalue weighted by molar-refractivity contribution is -0.128. The fraction of sp³-hybridized carbons (Fsp3) is 0.368. The van der Waals surface area contributed by atoms with E-state index in [1.807, 2.05) is 6.92 Å². The van der Waals surface area contributed by atoms with Crippen LogP contribution < -0.4 is 0 Å². The fourth-order valence-corrected chi connectivity index (χ4v) is 3.00. The molecule has 0 saturated carbocycles. The number of benzene rings is 1. The quantitative estimate of drug-likeness (QED) is 0.705. The Hall–Kier alpha value is -2.30. The van der Waals surface area contributed by atoms with Crippen molar-refractivity contribution >= 4 is 12.2 Å². The van der Waals surface area contributed by atoms with E-state index in [0.29, 0.717) is 24.0 Å². The normalized spacial score (nSPS) is 18.5.